The van der Waals surface area contributed by atoms with Gasteiger partial charge in [0.15, 0.2) is 0 Å². The highest BCUT2D eigenvalue weighted by Gasteiger charge is 2.26. The molecule has 0 unspecified atom stereocenters. The Bertz CT molecular complexity index is 889. The van der Waals surface area contributed by atoms with Gasteiger partial charge >= 0.3 is 0 Å². The molecule has 29 heavy (non-hydrogen) atoms. The van der Waals surface area contributed by atoms with E-state index in [4.69, 9.17) is 16.3 Å². The van der Waals surface area contributed by atoms with Crippen LogP contribution in [-0.2, 0) is 0 Å². The lowest BCUT2D eigenvalue weighted by atomic mass is 9.97. The molecule has 0 atom stereocenters. The Hall–Kier alpha value is -2.53. The first kappa shape index (κ1) is 19.8. The van der Waals surface area contributed by atoms with Crippen LogP contribution in [0.2, 0.25) is 5.02 Å². The first-order valence-corrected chi connectivity index (χ1v) is 10.6. The molecule has 1 aliphatic heterocycles. The van der Waals surface area contributed by atoms with Crippen molar-refractivity contribution in [2.45, 2.75) is 31.7 Å². The normalized spacial score (nSPS) is 17.1. The fraction of sp³-hybridized carbons (Fsp3) is 0.391. The molecule has 2 aliphatic rings. The summed E-state index contributed by atoms with van der Waals surface area (Å²) in [5, 5.41) is 3.59. The maximum absolute atomic E-state index is 12.6. The molecule has 1 N–H and O–H groups in total. The number of rotatable bonds is 6. The summed E-state index contributed by atoms with van der Waals surface area (Å²) in [7, 11) is 0. The zero-order chi connectivity index (χ0) is 20.2. The molecule has 0 spiro atoms. The van der Waals surface area contributed by atoms with E-state index < -0.39 is 0 Å². The lowest BCUT2D eigenvalue weighted by Crippen LogP contribution is -2.39. The van der Waals surface area contributed by atoms with Gasteiger partial charge in [0, 0.05) is 29.7 Å². The van der Waals surface area contributed by atoms with Crippen molar-refractivity contribution >= 4 is 23.4 Å². The Morgan fingerprint density at radius 2 is 1.79 bits per heavy atom. The number of carbonyl (C=O) groups excluding carboxylic acids is 2. The molecule has 0 radical (unpaired) electrons. The first-order chi connectivity index (χ1) is 14.1. The lowest BCUT2D eigenvalue weighted by Gasteiger charge is -2.32. The molecule has 0 aromatic heterocycles. The standard InChI is InChI=1S/C23H25ClN2O3/c24-18-5-3-4-17(14-18)23(28)26-12-10-16(11-13-26)15-29-21-7-2-1-6-20(21)22(27)25-19-8-9-19/h1-7,14,16,19H,8-13,15H2,(H,25,27). The van der Waals surface area contributed by atoms with Crippen molar-refractivity contribution in [3.63, 3.8) is 0 Å². The van der Waals surface area contributed by atoms with E-state index in [2.05, 4.69) is 5.32 Å². The Kier molecular flexibility index (Phi) is 6.05. The highest BCUT2D eigenvalue weighted by atomic mass is 35.5. The minimum atomic E-state index is -0.0648. The van der Waals surface area contributed by atoms with Gasteiger partial charge in [-0.2, -0.15) is 0 Å². The molecule has 2 aromatic rings. The van der Waals surface area contributed by atoms with Crippen LogP contribution < -0.4 is 10.1 Å². The third-order valence-electron chi connectivity index (χ3n) is 5.49. The van der Waals surface area contributed by atoms with Gasteiger partial charge in [-0.1, -0.05) is 29.8 Å². The van der Waals surface area contributed by atoms with Gasteiger partial charge in [0.25, 0.3) is 11.8 Å². The minimum Gasteiger partial charge on any atom is -0.492 e. The topological polar surface area (TPSA) is 58.6 Å². The van der Waals surface area contributed by atoms with Crippen molar-refractivity contribution in [3.05, 3.63) is 64.7 Å². The zero-order valence-corrected chi connectivity index (χ0v) is 17.0. The molecule has 1 heterocycles. The number of carbonyl (C=O) groups is 2. The van der Waals surface area contributed by atoms with Crippen LogP contribution in [0.5, 0.6) is 5.75 Å². The Balaban J connectivity index is 1.29. The number of amides is 2. The van der Waals surface area contributed by atoms with E-state index in [1.807, 2.05) is 23.1 Å². The summed E-state index contributed by atoms with van der Waals surface area (Å²) in [5.41, 5.74) is 1.22. The van der Waals surface area contributed by atoms with Gasteiger partial charge in [-0.05, 0) is 61.9 Å². The second kappa shape index (κ2) is 8.87. The largest absolute Gasteiger partial charge is 0.492 e. The van der Waals surface area contributed by atoms with Crippen LogP contribution in [0, 0.1) is 5.92 Å². The van der Waals surface area contributed by atoms with Crippen LogP contribution in [0.25, 0.3) is 0 Å². The summed E-state index contributed by atoms with van der Waals surface area (Å²) in [5.74, 6) is 0.944. The van der Waals surface area contributed by atoms with E-state index in [1.165, 1.54) is 0 Å². The lowest BCUT2D eigenvalue weighted by molar-refractivity contribution is 0.0659. The molecule has 6 heteroatoms. The fourth-order valence-corrected chi connectivity index (χ4v) is 3.78. The molecule has 1 saturated carbocycles. The highest BCUT2D eigenvalue weighted by molar-refractivity contribution is 6.30. The van der Waals surface area contributed by atoms with E-state index in [0.717, 1.165) is 25.7 Å². The molecule has 1 saturated heterocycles. The van der Waals surface area contributed by atoms with Gasteiger partial charge in [-0.15, -0.1) is 0 Å². The second-order valence-electron chi connectivity index (χ2n) is 7.80. The van der Waals surface area contributed by atoms with E-state index in [9.17, 15) is 9.59 Å². The predicted molar refractivity (Wildman–Crippen MR) is 113 cm³/mol. The summed E-state index contributed by atoms with van der Waals surface area (Å²) in [4.78, 5) is 26.9. The number of benzene rings is 2. The number of para-hydroxylation sites is 1. The Labute approximate surface area is 176 Å². The smallest absolute Gasteiger partial charge is 0.255 e. The van der Waals surface area contributed by atoms with Gasteiger partial charge in [0.05, 0.1) is 12.2 Å². The molecule has 4 rings (SSSR count). The van der Waals surface area contributed by atoms with Crippen LogP contribution in [-0.4, -0.2) is 42.5 Å². The monoisotopic (exact) mass is 412 g/mol. The number of nitrogens with one attached hydrogen (secondary N) is 1. The van der Waals surface area contributed by atoms with Crippen molar-refractivity contribution in [2.24, 2.45) is 5.92 Å². The molecule has 2 fully saturated rings. The predicted octanol–water partition coefficient (Wildman–Crippen LogP) is 4.16. The Morgan fingerprint density at radius 1 is 1.03 bits per heavy atom. The SMILES string of the molecule is O=C(NC1CC1)c1ccccc1OCC1CCN(C(=O)c2cccc(Cl)c2)CC1. The third-order valence-corrected chi connectivity index (χ3v) is 5.73. The van der Waals surface area contributed by atoms with Crippen molar-refractivity contribution in [2.75, 3.05) is 19.7 Å². The van der Waals surface area contributed by atoms with Gasteiger partial charge in [-0.25, -0.2) is 0 Å². The van der Waals surface area contributed by atoms with Gasteiger partial charge in [0.2, 0.25) is 0 Å². The molecule has 0 bridgehead atoms. The number of hydrogen-bond acceptors (Lipinski definition) is 3. The number of hydrogen-bond donors (Lipinski definition) is 1. The molecular weight excluding hydrogens is 388 g/mol. The highest BCUT2D eigenvalue weighted by Crippen LogP contribution is 2.25. The van der Waals surface area contributed by atoms with E-state index in [-0.39, 0.29) is 11.8 Å². The third kappa shape index (κ3) is 5.10. The van der Waals surface area contributed by atoms with E-state index >= 15 is 0 Å². The number of ether oxygens (including phenoxy) is 1. The summed E-state index contributed by atoms with van der Waals surface area (Å²) >= 11 is 6.00. The number of likely N-dealkylation sites (tertiary alicyclic amines) is 1. The van der Waals surface area contributed by atoms with Crippen molar-refractivity contribution in [3.8, 4) is 5.75 Å². The van der Waals surface area contributed by atoms with Crippen LogP contribution in [0.15, 0.2) is 48.5 Å². The summed E-state index contributed by atoms with van der Waals surface area (Å²) in [6, 6.07) is 14.8. The maximum Gasteiger partial charge on any atom is 0.255 e. The van der Waals surface area contributed by atoms with Gasteiger partial charge in [-0.3, -0.25) is 9.59 Å². The Morgan fingerprint density at radius 3 is 2.52 bits per heavy atom. The fourth-order valence-electron chi connectivity index (χ4n) is 3.59. The second-order valence-corrected chi connectivity index (χ2v) is 8.24. The zero-order valence-electron chi connectivity index (χ0n) is 16.3. The molecule has 1 aliphatic carbocycles. The van der Waals surface area contributed by atoms with Crippen LogP contribution in [0.3, 0.4) is 0 Å². The molecule has 152 valence electrons. The van der Waals surface area contributed by atoms with Crippen molar-refractivity contribution in [1.82, 2.24) is 10.2 Å². The van der Waals surface area contributed by atoms with Crippen LogP contribution in [0.1, 0.15) is 46.4 Å². The number of piperidine rings is 1. The molecule has 2 amide bonds. The maximum atomic E-state index is 12.6. The number of nitrogens with zero attached hydrogens (tertiary/aromatic N) is 1. The van der Waals surface area contributed by atoms with Gasteiger partial charge < -0.3 is 15.0 Å². The van der Waals surface area contributed by atoms with E-state index in [0.29, 0.717) is 53.6 Å². The van der Waals surface area contributed by atoms with Crippen molar-refractivity contribution in [1.29, 1.82) is 0 Å². The van der Waals surface area contributed by atoms with Crippen LogP contribution in [0.4, 0.5) is 0 Å². The van der Waals surface area contributed by atoms with Gasteiger partial charge in [0.1, 0.15) is 5.75 Å². The molecule has 5 nitrogen and oxygen atoms in total. The molecule has 2 aromatic carbocycles. The summed E-state index contributed by atoms with van der Waals surface area (Å²) in [6.45, 7) is 1.94. The summed E-state index contributed by atoms with van der Waals surface area (Å²) in [6.07, 6.45) is 3.87. The summed E-state index contributed by atoms with van der Waals surface area (Å²) < 4.78 is 6.01. The van der Waals surface area contributed by atoms with E-state index in [1.54, 1.807) is 30.3 Å². The van der Waals surface area contributed by atoms with Crippen molar-refractivity contribution < 1.29 is 14.3 Å². The van der Waals surface area contributed by atoms with Crippen LogP contribution >= 0.6 is 11.6 Å². The quantitative estimate of drug-likeness (QED) is 0.774. The minimum absolute atomic E-state index is 0.0222. The number of halogens is 1. The molecular formula is C23H25ClN2O3. The average molecular weight is 413 g/mol. The first-order valence-electron chi connectivity index (χ1n) is 10.2. The average Bonchev–Trinajstić information content (AvgIpc) is 3.56.